The fourth-order valence-electron chi connectivity index (χ4n) is 2.78. The van der Waals surface area contributed by atoms with E-state index >= 15 is 0 Å². The van der Waals surface area contributed by atoms with Gasteiger partial charge in [0.05, 0.1) is 0 Å². The number of aliphatic carboxylic acids is 1. The number of hydrogen-bond acceptors (Lipinski definition) is 5. The zero-order valence-electron chi connectivity index (χ0n) is 15.6. The number of aryl methyl sites for hydroxylation is 1. The van der Waals surface area contributed by atoms with Crippen LogP contribution in [0.15, 0.2) is 18.2 Å². The Morgan fingerprint density at radius 1 is 1.37 bits per heavy atom. The van der Waals surface area contributed by atoms with Crippen molar-refractivity contribution in [2.24, 2.45) is 18.7 Å². The minimum Gasteiger partial charge on any atom is -0.475 e. The Hall–Kier alpha value is -2.37. The largest absolute Gasteiger partial charge is 0.490 e. The molecular weight excluding hydrogens is 450 g/mol. The number of rotatable bonds is 5. The van der Waals surface area contributed by atoms with Gasteiger partial charge in [0.1, 0.15) is 5.69 Å². The van der Waals surface area contributed by atoms with Crippen LogP contribution in [0.5, 0.6) is 0 Å². The van der Waals surface area contributed by atoms with Crippen molar-refractivity contribution in [1.82, 2.24) is 20.3 Å². The minimum absolute atomic E-state index is 0.184. The highest BCUT2D eigenvalue weighted by molar-refractivity contribution is 6.35. The van der Waals surface area contributed by atoms with Crippen LogP contribution >= 0.6 is 23.2 Å². The molecule has 1 aliphatic rings. The summed E-state index contributed by atoms with van der Waals surface area (Å²) in [4.78, 5) is 21.2. The van der Waals surface area contributed by atoms with Crippen molar-refractivity contribution >= 4 is 35.1 Å². The third-order valence-corrected chi connectivity index (χ3v) is 4.92. The van der Waals surface area contributed by atoms with E-state index in [1.54, 1.807) is 13.1 Å². The highest BCUT2D eigenvalue weighted by Gasteiger charge is 2.40. The molecule has 1 aromatic heterocycles. The van der Waals surface area contributed by atoms with Crippen LogP contribution in [0.3, 0.4) is 0 Å². The highest BCUT2D eigenvalue weighted by Crippen LogP contribution is 2.49. The standard InChI is InChI=1S/C15H17Cl2N5O.C2HF3O2/c1-22-14(13(6-18)20-21-22)15(23)19-7-8-4-11(8)10-3-2-9(16)5-12(10)17;3-2(4,5)1(6)7/h2-3,5,8,11H,4,6-7,18H2,1H3,(H,19,23);(H,6,7)/t8-,11+;/m0./s1. The number of nitrogens with zero attached hydrogens (tertiary/aromatic N) is 3. The van der Waals surface area contributed by atoms with Crippen LogP contribution in [0.2, 0.25) is 10.0 Å². The smallest absolute Gasteiger partial charge is 0.475 e. The van der Waals surface area contributed by atoms with Gasteiger partial charge in [-0.3, -0.25) is 4.79 Å². The molecule has 0 spiro atoms. The fraction of sp³-hybridized carbons (Fsp3) is 0.412. The number of carbonyl (C=O) groups excluding carboxylic acids is 1. The van der Waals surface area contributed by atoms with Gasteiger partial charge >= 0.3 is 12.1 Å². The third kappa shape index (κ3) is 6.07. The van der Waals surface area contributed by atoms with Crippen LogP contribution in [-0.4, -0.2) is 44.7 Å². The third-order valence-electron chi connectivity index (χ3n) is 4.36. The summed E-state index contributed by atoms with van der Waals surface area (Å²) in [6.45, 7) is 0.765. The molecule has 164 valence electrons. The number of carboxylic acid groups (broad SMARTS) is 1. The van der Waals surface area contributed by atoms with Crippen LogP contribution in [0.1, 0.15) is 34.1 Å². The molecule has 1 amide bonds. The first-order valence-electron chi connectivity index (χ1n) is 8.57. The monoisotopic (exact) mass is 467 g/mol. The van der Waals surface area contributed by atoms with Crippen molar-refractivity contribution in [1.29, 1.82) is 0 Å². The molecular formula is C17H18Cl2F3N5O3. The first kappa shape index (κ1) is 23.9. The van der Waals surface area contributed by atoms with Crippen LogP contribution in [0.25, 0.3) is 0 Å². The molecule has 4 N–H and O–H groups in total. The van der Waals surface area contributed by atoms with Gasteiger partial charge in [-0.05, 0) is 36.0 Å². The number of alkyl halides is 3. The van der Waals surface area contributed by atoms with Gasteiger partial charge in [0.25, 0.3) is 5.91 Å². The first-order chi connectivity index (χ1) is 14.0. The molecule has 1 aliphatic carbocycles. The summed E-state index contributed by atoms with van der Waals surface area (Å²) < 4.78 is 33.2. The molecule has 1 fully saturated rings. The molecule has 30 heavy (non-hydrogen) atoms. The van der Waals surface area contributed by atoms with E-state index in [0.717, 1.165) is 12.0 Å². The molecule has 1 saturated carbocycles. The van der Waals surface area contributed by atoms with Crippen molar-refractivity contribution in [2.45, 2.75) is 25.1 Å². The van der Waals surface area contributed by atoms with E-state index in [1.807, 2.05) is 12.1 Å². The molecule has 3 rings (SSSR count). The SMILES string of the molecule is Cn1nnc(CN)c1C(=O)NC[C@@H]1C[C@H]1c1ccc(Cl)cc1Cl.O=C(O)C(F)(F)F. The Bertz CT molecular complexity index is 936. The van der Waals surface area contributed by atoms with E-state index in [-0.39, 0.29) is 12.5 Å². The second kappa shape index (κ2) is 9.63. The Labute approximate surface area is 179 Å². The summed E-state index contributed by atoms with van der Waals surface area (Å²) in [5.41, 5.74) is 7.57. The van der Waals surface area contributed by atoms with Gasteiger partial charge in [0.15, 0.2) is 5.69 Å². The number of amides is 1. The number of nitrogens with one attached hydrogen (secondary N) is 1. The summed E-state index contributed by atoms with van der Waals surface area (Å²) in [6, 6.07) is 5.54. The number of aromatic nitrogens is 3. The molecule has 13 heteroatoms. The van der Waals surface area contributed by atoms with Crippen molar-refractivity contribution in [3.8, 4) is 0 Å². The lowest BCUT2D eigenvalue weighted by atomic mass is 10.1. The summed E-state index contributed by atoms with van der Waals surface area (Å²) in [5, 5.41) is 19.1. The van der Waals surface area contributed by atoms with E-state index in [0.29, 0.717) is 39.8 Å². The second-order valence-electron chi connectivity index (χ2n) is 6.49. The van der Waals surface area contributed by atoms with Crippen LogP contribution in [0.4, 0.5) is 13.2 Å². The van der Waals surface area contributed by atoms with E-state index in [4.69, 9.17) is 38.8 Å². The van der Waals surface area contributed by atoms with Crippen molar-refractivity contribution in [2.75, 3.05) is 6.54 Å². The lowest BCUT2D eigenvalue weighted by Crippen LogP contribution is -2.29. The predicted octanol–water partition coefficient (Wildman–Crippen LogP) is 2.75. The van der Waals surface area contributed by atoms with E-state index in [1.165, 1.54) is 4.68 Å². The van der Waals surface area contributed by atoms with Crippen molar-refractivity contribution in [3.05, 3.63) is 45.2 Å². The van der Waals surface area contributed by atoms with Gasteiger partial charge < -0.3 is 16.2 Å². The van der Waals surface area contributed by atoms with Crippen molar-refractivity contribution < 1.29 is 27.9 Å². The average molecular weight is 468 g/mol. The quantitative estimate of drug-likeness (QED) is 0.620. The fourth-order valence-corrected chi connectivity index (χ4v) is 3.33. The van der Waals surface area contributed by atoms with E-state index in [2.05, 4.69) is 15.6 Å². The molecule has 0 radical (unpaired) electrons. The summed E-state index contributed by atoms with van der Waals surface area (Å²) in [7, 11) is 1.68. The second-order valence-corrected chi connectivity index (χ2v) is 7.34. The van der Waals surface area contributed by atoms with Gasteiger partial charge in [-0.1, -0.05) is 34.5 Å². The molecule has 0 aliphatic heterocycles. The number of carboxylic acids is 1. The van der Waals surface area contributed by atoms with E-state index in [9.17, 15) is 18.0 Å². The molecule has 1 aromatic carbocycles. The lowest BCUT2D eigenvalue weighted by molar-refractivity contribution is -0.192. The maximum absolute atomic E-state index is 12.3. The van der Waals surface area contributed by atoms with Gasteiger partial charge in [0.2, 0.25) is 0 Å². The summed E-state index contributed by atoms with van der Waals surface area (Å²) in [5.74, 6) is -2.22. The Morgan fingerprint density at radius 2 is 2.00 bits per heavy atom. The molecule has 1 heterocycles. The highest BCUT2D eigenvalue weighted by atomic mass is 35.5. The number of benzene rings is 1. The van der Waals surface area contributed by atoms with Gasteiger partial charge in [-0.15, -0.1) is 5.10 Å². The maximum Gasteiger partial charge on any atom is 0.490 e. The topological polar surface area (TPSA) is 123 Å². The molecule has 8 nitrogen and oxygen atoms in total. The Balaban J connectivity index is 0.000000396. The molecule has 2 aromatic rings. The molecule has 0 unspecified atom stereocenters. The molecule has 0 bridgehead atoms. The van der Waals surface area contributed by atoms with Gasteiger partial charge in [-0.2, -0.15) is 13.2 Å². The molecule has 2 atom stereocenters. The normalized spacial score (nSPS) is 17.7. The maximum atomic E-state index is 12.3. The Kier molecular flexibility index (Phi) is 7.67. The minimum atomic E-state index is -5.08. The van der Waals surface area contributed by atoms with E-state index < -0.39 is 12.1 Å². The summed E-state index contributed by atoms with van der Waals surface area (Å²) >= 11 is 12.1. The van der Waals surface area contributed by atoms with Crippen LogP contribution in [0, 0.1) is 5.92 Å². The van der Waals surface area contributed by atoms with Crippen LogP contribution in [-0.2, 0) is 18.4 Å². The zero-order chi connectivity index (χ0) is 22.6. The number of hydrogen-bond donors (Lipinski definition) is 3. The summed E-state index contributed by atoms with van der Waals surface area (Å²) in [6.07, 6.45) is -4.09. The number of halogens is 5. The zero-order valence-corrected chi connectivity index (χ0v) is 17.1. The number of nitrogens with two attached hydrogens (primary N) is 1. The molecule has 0 saturated heterocycles. The van der Waals surface area contributed by atoms with Gasteiger partial charge in [-0.25, -0.2) is 9.48 Å². The average Bonchev–Trinajstić information content (AvgIpc) is 3.31. The number of carbonyl (C=O) groups is 2. The Morgan fingerprint density at radius 3 is 2.53 bits per heavy atom. The van der Waals surface area contributed by atoms with Gasteiger partial charge in [0, 0.05) is 30.2 Å². The predicted molar refractivity (Wildman–Crippen MR) is 102 cm³/mol. The first-order valence-corrected chi connectivity index (χ1v) is 9.33. The lowest BCUT2D eigenvalue weighted by Gasteiger charge is -2.07. The van der Waals surface area contributed by atoms with Crippen molar-refractivity contribution in [3.63, 3.8) is 0 Å². The van der Waals surface area contributed by atoms with Crippen LogP contribution < -0.4 is 11.1 Å².